The summed E-state index contributed by atoms with van der Waals surface area (Å²) in [5, 5.41) is 3.22. The van der Waals surface area contributed by atoms with Crippen molar-refractivity contribution in [1.29, 1.82) is 0 Å². The molecule has 1 aliphatic heterocycles. The standard InChI is InChI=1S/C27H36N6O/c1-20(2)24-18-25(31-27(30-24)32-16-14-28-19-32)33-15-8-7-11-23(33)17-26(34)29-21(3)12-13-22-9-5-4-6-10-22/h4-6,9-10,14,16,18-21,23H,7-8,11-13,15,17H2,1-3H3,(H,29,34). The SMILES string of the molecule is CC(CCc1ccccc1)NC(=O)CC1CCCCN1c1cc(C(C)C)nc(-n2ccnc2)n1. The van der Waals surface area contributed by atoms with E-state index in [4.69, 9.17) is 9.97 Å². The third-order valence-corrected chi connectivity index (χ3v) is 6.51. The number of piperidine rings is 1. The molecule has 2 unspecified atom stereocenters. The molecule has 34 heavy (non-hydrogen) atoms. The second-order valence-electron chi connectivity index (χ2n) is 9.62. The molecule has 0 spiro atoms. The number of hydrogen-bond donors (Lipinski definition) is 1. The molecule has 3 heterocycles. The first-order valence-electron chi connectivity index (χ1n) is 12.5. The van der Waals surface area contributed by atoms with Crippen LogP contribution in [0.2, 0.25) is 0 Å². The molecule has 180 valence electrons. The summed E-state index contributed by atoms with van der Waals surface area (Å²) in [6.07, 6.45) is 10.9. The van der Waals surface area contributed by atoms with Crippen molar-refractivity contribution >= 4 is 11.7 Å². The molecule has 1 N–H and O–H groups in total. The van der Waals surface area contributed by atoms with Crippen LogP contribution < -0.4 is 10.2 Å². The minimum absolute atomic E-state index is 0.116. The van der Waals surface area contributed by atoms with Crippen LogP contribution in [-0.4, -0.2) is 44.1 Å². The van der Waals surface area contributed by atoms with Gasteiger partial charge in [0.05, 0.1) is 5.69 Å². The van der Waals surface area contributed by atoms with Crippen molar-refractivity contribution in [3.05, 3.63) is 66.4 Å². The van der Waals surface area contributed by atoms with Gasteiger partial charge in [-0.25, -0.2) is 9.97 Å². The lowest BCUT2D eigenvalue weighted by atomic mass is 9.98. The van der Waals surface area contributed by atoms with Gasteiger partial charge < -0.3 is 10.2 Å². The van der Waals surface area contributed by atoms with Crippen molar-refractivity contribution in [3.63, 3.8) is 0 Å². The van der Waals surface area contributed by atoms with Gasteiger partial charge in [-0.3, -0.25) is 9.36 Å². The second-order valence-corrected chi connectivity index (χ2v) is 9.62. The number of aromatic nitrogens is 4. The number of benzene rings is 1. The number of carbonyl (C=O) groups is 1. The summed E-state index contributed by atoms with van der Waals surface area (Å²) < 4.78 is 1.84. The molecule has 0 saturated carbocycles. The first-order valence-corrected chi connectivity index (χ1v) is 12.5. The molecule has 2 aromatic heterocycles. The average Bonchev–Trinajstić information content (AvgIpc) is 3.38. The van der Waals surface area contributed by atoms with Gasteiger partial charge in [0.25, 0.3) is 0 Å². The number of amides is 1. The molecule has 7 nitrogen and oxygen atoms in total. The van der Waals surface area contributed by atoms with Crippen LogP contribution in [0.4, 0.5) is 5.82 Å². The van der Waals surface area contributed by atoms with Crippen LogP contribution in [0.1, 0.15) is 70.1 Å². The predicted molar refractivity (Wildman–Crippen MR) is 135 cm³/mol. The quantitative estimate of drug-likeness (QED) is 0.502. The highest BCUT2D eigenvalue weighted by Gasteiger charge is 2.27. The highest BCUT2D eigenvalue weighted by molar-refractivity contribution is 5.77. The van der Waals surface area contributed by atoms with Crippen molar-refractivity contribution in [1.82, 2.24) is 24.8 Å². The first-order chi connectivity index (χ1) is 16.5. The zero-order chi connectivity index (χ0) is 23.9. The van der Waals surface area contributed by atoms with Gasteiger partial charge in [0.1, 0.15) is 12.1 Å². The monoisotopic (exact) mass is 460 g/mol. The van der Waals surface area contributed by atoms with Gasteiger partial charge in [-0.05, 0) is 50.5 Å². The Kier molecular flexibility index (Phi) is 7.93. The molecule has 0 radical (unpaired) electrons. The Hall–Kier alpha value is -3.22. The summed E-state index contributed by atoms with van der Waals surface area (Å²) in [7, 11) is 0. The summed E-state index contributed by atoms with van der Waals surface area (Å²) in [4.78, 5) is 29.0. The smallest absolute Gasteiger partial charge is 0.237 e. The lowest BCUT2D eigenvalue weighted by Crippen LogP contribution is -2.44. The molecule has 1 aromatic carbocycles. The number of imidazole rings is 1. The highest BCUT2D eigenvalue weighted by Crippen LogP contribution is 2.28. The fourth-order valence-corrected chi connectivity index (χ4v) is 4.54. The van der Waals surface area contributed by atoms with E-state index in [1.165, 1.54) is 5.56 Å². The summed E-state index contributed by atoms with van der Waals surface area (Å²) >= 11 is 0. The van der Waals surface area contributed by atoms with Crippen molar-refractivity contribution in [3.8, 4) is 5.95 Å². The number of carbonyl (C=O) groups excluding carboxylic acids is 1. The molecule has 1 saturated heterocycles. The molecule has 7 heteroatoms. The molecule has 1 aliphatic rings. The van der Waals surface area contributed by atoms with Gasteiger partial charge in [-0.1, -0.05) is 44.2 Å². The van der Waals surface area contributed by atoms with Crippen LogP contribution in [0.5, 0.6) is 0 Å². The summed E-state index contributed by atoms with van der Waals surface area (Å²) in [5.74, 6) is 1.92. The van der Waals surface area contributed by atoms with Crippen LogP contribution in [0, 0.1) is 0 Å². The van der Waals surface area contributed by atoms with E-state index in [9.17, 15) is 4.79 Å². The van der Waals surface area contributed by atoms with Gasteiger partial charge in [0.15, 0.2) is 0 Å². The number of nitrogens with one attached hydrogen (secondary N) is 1. The Morgan fingerprint density at radius 3 is 2.71 bits per heavy atom. The van der Waals surface area contributed by atoms with Crippen LogP contribution in [0.25, 0.3) is 5.95 Å². The zero-order valence-electron chi connectivity index (χ0n) is 20.5. The van der Waals surface area contributed by atoms with E-state index >= 15 is 0 Å². The van der Waals surface area contributed by atoms with E-state index in [-0.39, 0.29) is 23.9 Å². The number of nitrogens with zero attached hydrogens (tertiary/aromatic N) is 5. The number of aryl methyl sites for hydroxylation is 1. The van der Waals surface area contributed by atoms with Crippen molar-refractivity contribution in [2.45, 2.75) is 77.3 Å². The van der Waals surface area contributed by atoms with E-state index < -0.39 is 0 Å². The van der Waals surface area contributed by atoms with Gasteiger partial charge >= 0.3 is 0 Å². The van der Waals surface area contributed by atoms with Crippen LogP contribution in [0.15, 0.2) is 55.1 Å². The Morgan fingerprint density at radius 1 is 1.15 bits per heavy atom. The number of anilines is 1. The summed E-state index contributed by atoms with van der Waals surface area (Å²) in [6.45, 7) is 7.28. The molecular weight excluding hydrogens is 424 g/mol. The van der Waals surface area contributed by atoms with Crippen molar-refractivity contribution < 1.29 is 4.79 Å². The van der Waals surface area contributed by atoms with Gasteiger partial charge in [-0.2, -0.15) is 4.98 Å². The minimum atomic E-state index is 0.116. The Labute approximate surface area is 202 Å². The molecular formula is C27H36N6O. The largest absolute Gasteiger partial charge is 0.354 e. The van der Waals surface area contributed by atoms with Gasteiger partial charge in [0, 0.05) is 43.5 Å². The van der Waals surface area contributed by atoms with Crippen molar-refractivity contribution in [2.24, 2.45) is 0 Å². The van der Waals surface area contributed by atoms with Crippen LogP contribution >= 0.6 is 0 Å². The molecule has 3 aromatic rings. The van der Waals surface area contributed by atoms with E-state index in [0.717, 1.165) is 50.2 Å². The first kappa shape index (κ1) is 23.9. The molecule has 0 aliphatic carbocycles. The zero-order valence-corrected chi connectivity index (χ0v) is 20.5. The molecule has 4 rings (SSSR count). The second kappa shape index (κ2) is 11.3. The van der Waals surface area contributed by atoms with Crippen LogP contribution in [-0.2, 0) is 11.2 Å². The van der Waals surface area contributed by atoms with Gasteiger partial charge in [0.2, 0.25) is 11.9 Å². The van der Waals surface area contributed by atoms with E-state index in [0.29, 0.717) is 12.4 Å². The number of hydrogen-bond acceptors (Lipinski definition) is 5. The van der Waals surface area contributed by atoms with Crippen molar-refractivity contribution in [2.75, 3.05) is 11.4 Å². The Bertz CT molecular complexity index is 1050. The third-order valence-electron chi connectivity index (χ3n) is 6.51. The fraction of sp³-hybridized carbons (Fsp3) is 0.481. The number of rotatable bonds is 9. The van der Waals surface area contributed by atoms with E-state index in [1.54, 1.807) is 12.5 Å². The fourth-order valence-electron chi connectivity index (χ4n) is 4.54. The minimum Gasteiger partial charge on any atom is -0.354 e. The van der Waals surface area contributed by atoms with Crippen LogP contribution in [0.3, 0.4) is 0 Å². The Balaban J connectivity index is 1.43. The lowest BCUT2D eigenvalue weighted by Gasteiger charge is -2.37. The lowest BCUT2D eigenvalue weighted by molar-refractivity contribution is -0.122. The Morgan fingerprint density at radius 2 is 1.97 bits per heavy atom. The van der Waals surface area contributed by atoms with Gasteiger partial charge in [-0.15, -0.1) is 0 Å². The normalized spacial score (nSPS) is 17.1. The topological polar surface area (TPSA) is 75.9 Å². The maximum Gasteiger partial charge on any atom is 0.237 e. The molecule has 1 fully saturated rings. The third kappa shape index (κ3) is 6.22. The molecule has 2 atom stereocenters. The average molecular weight is 461 g/mol. The molecule has 0 bridgehead atoms. The molecule has 1 amide bonds. The van der Waals surface area contributed by atoms with E-state index in [1.807, 2.05) is 16.8 Å². The maximum absolute atomic E-state index is 13.0. The highest BCUT2D eigenvalue weighted by atomic mass is 16.1. The predicted octanol–water partition coefficient (Wildman–Crippen LogP) is 4.67. The summed E-state index contributed by atoms with van der Waals surface area (Å²) in [6, 6.07) is 12.8. The maximum atomic E-state index is 13.0. The summed E-state index contributed by atoms with van der Waals surface area (Å²) in [5.41, 5.74) is 2.30. The van der Waals surface area contributed by atoms with E-state index in [2.05, 4.69) is 66.3 Å².